The van der Waals surface area contributed by atoms with E-state index in [0.29, 0.717) is 17.8 Å². The SMILES string of the molecule is CCCn1nc(Cc2ccccc2)cc1C1CCN(C[C@H]2CN([C@@H](C(=O)O)C3CCCCC3)C[C@@H]2c2ccccc2)CC1. The number of hydrogen-bond donors (Lipinski definition) is 1. The minimum Gasteiger partial charge on any atom is -0.480 e. The zero-order valence-corrected chi connectivity index (χ0v) is 26.0. The molecule has 6 nitrogen and oxygen atoms in total. The van der Waals surface area contributed by atoms with Crippen LogP contribution in [0.3, 0.4) is 0 Å². The highest BCUT2D eigenvalue weighted by molar-refractivity contribution is 5.74. The van der Waals surface area contributed by atoms with Crippen LogP contribution in [-0.2, 0) is 17.8 Å². The normalized spacial score (nSPS) is 23.5. The number of likely N-dealkylation sites (tertiary alicyclic amines) is 2. The van der Waals surface area contributed by atoms with Crippen molar-refractivity contribution in [3.8, 4) is 0 Å². The van der Waals surface area contributed by atoms with Crippen LogP contribution in [0.15, 0.2) is 66.7 Å². The molecule has 0 unspecified atom stereocenters. The Hall–Kier alpha value is -2.96. The fourth-order valence-corrected chi connectivity index (χ4v) is 8.34. The maximum Gasteiger partial charge on any atom is 0.321 e. The van der Waals surface area contributed by atoms with Crippen molar-refractivity contribution in [1.82, 2.24) is 19.6 Å². The van der Waals surface area contributed by atoms with Gasteiger partial charge in [0.05, 0.1) is 5.69 Å². The van der Waals surface area contributed by atoms with Crippen LogP contribution in [0.1, 0.15) is 92.6 Å². The number of benzene rings is 2. The molecule has 3 aromatic rings. The van der Waals surface area contributed by atoms with Crippen molar-refractivity contribution in [3.05, 3.63) is 89.2 Å². The van der Waals surface area contributed by atoms with Gasteiger partial charge >= 0.3 is 5.97 Å². The molecule has 3 aliphatic rings. The number of carboxylic acid groups (broad SMARTS) is 1. The number of carboxylic acids is 1. The third kappa shape index (κ3) is 7.24. The minimum absolute atomic E-state index is 0.289. The second kappa shape index (κ2) is 14.2. The molecule has 43 heavy (non-hydrogen) atoms. The number of aromatic nitrogens is 2. The van der Waals surface area contributed by atoms with Crippen LogP contribution in [0.4, 0.5) is 0 Å². The number of aryl methyl sites for hydroxylation is 1. The van der Waals surface area contributed by atoms with E-state index in [0.717, 1.165) is 77.8 Å². The predicted molar refractivity (Wildman–Crippen MR) is 172 cm³/mol. The summed E-state index contributed by atoms with van der Waals surface area (Å²) >= 11 is 0. The third-order valence-corrected chi connectivity index (χ3v) is 10.5. The molecular weight excluding hydrogens is 532 g/mol. The molecule has 0 radical (unpaired) electrons. The van der Waals surface area contributed by atoms with Crippen LogP contribution in [-0.4, -0.2) is 69.4 Å². The monoisotopic (exact) mass is 582 g/mol. The summed E-state index contributed by atoms with van der Waals surface area (Å²) < 4.78 is 2.29. The van der Waals surface area contributed by atoms with Gasteiger partial charge in [0.1, 0.15) is 6.04 Å². The standard InChI is InChI=1S/C37H50N4O2/c1-2-20-41-35(24-33(38-41)23-28-12-6-3-7-13-28)30-18-21-39(22-19-30)25-32-26-40(27-34(32)29-14-8-4-9-15-29)36(37(42)43)31-16-10-5-11-17-31/h3-4,6-9,12-15,24,30-32,34,36H,2,5,10-11,16-23,25-27H2,1H3,(H,42,43)/t32-,34+,36+/m0/s1. The lowest BCUT2D eigenvalue weighted by Crippen LogP contribution is -2.46. The maximum atomic E-state index is 12.6. The first kappa shape index (κ1) is 30.1. The summed E-state index contributed by atoms with van der Waals surface area (Å²) in [5, 5.41) is 15.4. The molecule has 1 aromatic heterocycles. The highest BCUT2D eigenvalue weighted by Gasteiger charge is 2.43. The first-order valence-electron chi connectivity index (χ1n) is 16.9. The van der Waals surface area contributed by atoms with Crippen LogP contribution in [0.5, 0.6) is 0 Å². The van der Waals surface area contributed by atoms with E-state index in [1.807, 2.05) is 0 Å². The van der Waals surface area contributed by atoms with Gasteiger partial charge in [-0.25, -0.2) is 0 Å². The van der Waals surface area contributed by atoms with E-state index >= 15 is 0 Å². The lowest BCUT2D eigenvalue weighted by atomic mass is 9.83. The highest BCUT2D eigenvalue weighted by atomic mass is 16.4. The second-order valence-electron chi connectivity index (χ2n) is 13.4. The van der Waals surface area contributed by atoms with E-state index in [9.17, 15) is 9.90 Å². The fourth-order valence-electron chi connectivity index (χ4n) is 8.34. The molecule has 2 aromatic carbocycles. The van der Waals surface area contributed by atoms with E-state index in [4.69, 9.17) is 5.10 Å². The van der Waals surface area contributed by atoms with Gasteiger partial charge in [0.2, 0.25) is 0 Å². The minimum atomic E-state index is -0.615. The molecule has 3 heterocycles. The van der Waals surface area contributed by atoms with Crippen LogP contribution in [0.25, 0.3) is 0 Å². The summed E-state index contributed by atoms with van der Waals surface area (Å²) in [6.07, 6.45) is 10.0. The Morgan fingerprint density at radius 3 is 2.30 bits per heavy atom. The number of aliphatic carboxylic acids is 1. The largest absolute Gasteiger partial charge is 0.480 e. The van der Waals surface area contributed by atoms with Crippen LogP contribution in [0.2, 0.25) is 0 Å². The highest BCUT2D eigenvalue weighted by Crippen LogP contribution is 2.39. The van der Waals surface area contributed by atoms with Gasteiger partial charge in [-0.15, -0.1) is 0 Å². The van der Waals surface area contributed by atoms with Gasteiger partial charge in [0.15, 0.2) is 0 Å². The van der Waals surface area contributed by atoms with E-state index in [1.165, 1.54) is 41.8 Å². The van der Waals surface area contributed by atoms with Crippen molar-refractivity contribution in [2.45, 2.75) is 89.1 Å². The Morgan fingerprint density at radius 2 is 1.63 bits per heavy atom. The van der Waals surface area contributed by atoms with Gasteiger partial charge < -0.3 is 10.0 Å². The second-order valence-corrected chi connectivity index (χ2v) is 13.4. The number of nitrogens with zero attached hydrogens (tertiary/aromatic N) is 4. The van der Waals surface area contributed by atoms with Crippen LogP contribution in [0, 0.1) is 11.8 Å². The molecule has 1 aliphatic carbocycles. The molecule has 3 atom stereocenters. The zero-order chi connectivity index (χ0) is 29.6. The van der Waals surface area contributed by atoms with Gasteiger partial charge in [-0.05, 0) is 74.2 Å². The van der Waals surface area contributed by atoms with Gasteiger partial charge in [-0.1, -0.05) is 86.8 Å². The average molecular weight is 583 g/mol. The molecular formula is C37H50N4O2. The molecule has 0 bridgehead atoms. The van der Waals surface area contributed by atoms with Crippen molar-refractivity contribution in [1.29, 1.82) is 0 Å². The Kier molecular flexibility index (Phi) is 9.95. The number of rotatable bonds is 11. The van der Waals surface area contributed by atoms with E-state index < -0.39 is 5.97 Å². The van der Waals surface area contributed by atoms with Crippen molar-refractivity contribution in [2.75, 3.05) is 32.7 Å². The maximum absolute atomic E-state index is 12.6. The smallest absolute Gasteiger partial charge is 0.321 e. The molecule has 0 spiro atoms. The Morgan fingerprint density at radius 1 is 0.930 bits per heavy atom. The number of hydrogen-bond acceptors (Lipinski definition) is 4. The van der Waals surface area contributed by atoms with Crippen molar-refractivity contribution in [3.63, 3.8) is 0 Å². The summed E-state index contributed by atoms with van der Waals surface area (Å²) in [6, 6.07) is 23.6. The summed E-state index contributed by atoms with van der Waals surface area (Å²) in [7, 11) is 0. The van der Waals surface area contributed by atoms with Gasteiger partial charge in [-0.3, -0.25) is 14.4 Å². The molecule has 3 fully saturated rings. The fraction of sp³-hybridized carbons (Fsp3) is 0.568. The first-order chi connectivity index (χ1) is 21.1. The van der Waals surface area contributed by atoms with Crippen LogP contribution >= 0.6 is 0 Å². The lowest BCUT2D eigenvalue weighted by molar-refractivity contribution is -0.145. The van der Waals surface area contributed by atoms with E-state index in [-0.39, 0.29) is 12.0 Å². The molecule has 1 N–H and O–H groups in total. The lowest BCUT2D eigenvalue weighted by Gasteiger charge is -2.35. The summed E-state index contributed by atoms with van der Waals surface area (Å²) in [5.41, 5.74) is 5.28. The molecule has 6 rings (SSSR count). The van der Waals surface area contributed by atoms with Crippen molar-refractivity contribution >= 4 is 5.97 Å². The molecule has 1 saturated carbocycles. The Labute approximate surface area is 258 Å². The third-order valence-electron chi connectivity index (χ3n) is 10.5. The summed E-state index contributed by atoms with van der Waals surface area (Å²) in [6.45, 7) is 8.21. The molecule has 0 amide bonds. The Balaban J connectivity index is 1.12. The molecule has 2 saturated heterocycles. The van der Waals surface area contributed by atoms with Crippen molar-refractivity contribution in [2.24, 2.45) is 11.8 Å². The van der Waals surface area contributed by atoms with E-state index in [2.05, 4.69) is 88.1 Å². The number of piperidine rings is 1. The van der Waals surface area contributed by atoms with Crippen LogP contribution < -0.4 is 0 Å². The van der Waals surface area contributed by atoms with E-state index in [1.54, 1.807) is 0 Å². The van der Waals surface area contributed by atoms with Crippen molar-refractivity contribution < 1.29 is 9.90 Å². The van der Waals surface area contributed by atoms with Gasteiger partial charge in [0, 0.05) is 50.1 Å². The topological polar surface area (TPSA) is 61.6 Å². The predicted octanol–water partition coefficient (Wildman–Crippen LogP) is 6.81. The molecule has 230 valence electrons. The quantitative estimate of drug-likeness (QED) is 0.269. The van der Waals surface area contributed by atoms with Gasteiger partial charge in [-0.2, -0.15) is 5.10 Å². The number of carbonyl (C=O) groups is 1. The summed E-state index contributed by atoms with van der Waals surface area (Å²) in [4.78, 5) is 17.6. The molecule has 6 heteroatoms. The Bertz CT molecular complexity index is 1290. The molecule has 2 aliphatic heterocycles. The van der Waals surface area contributed by atoms with Gasteiger partial charge in [0.25, 0.3) is 0 Å². The summed E-state index contributed by atoms with van der Waals surface area (Å²) in [5.74, 6) is 1.06. The first-order valence-corrected chi connectivity index (χ1v) is 16.9. The average Bonchev–Trinajstić information content (AvgIpc) is 3.63. The zero-order valence-electron chi connectivity index (χ0n) is 26.0.